The first-order valence-electron chi connectivity index (χ1n) is 10.2. The molecule has 0 radical (unpaired) electrons. The Kier molecular flexibility index (Phi) is 6.39. The average Bonchev–Trinajstić information content (AvgIpc) is 3.10. The smallest absolute Gasteiger partial charge is 0.341 e. The van der Waals surface area contributed by atoms with Crippen molar-refractivity contribution in [3.05, 3.63) is 47.4 Å². The number of nitrogens with one attached hydrogen (secondary N) is 1. The van der Waals surface area contributed by atoms with Gasteiger partial charge in [-0.05, 0) is 56.4 Å². The Balaban J connectivity index is 1.78. The predicted molar refractivity (Wildman–Crippen MR) is 115 cm³/mol. The fourth-order valence-corrected chi connectivity index (χ4v) is 3.84. The summed E-state index contributed by atoms with van der Waals surface area (Å²) >= 11 is 0. The Labute approximate surface area is 175 Å². The van der Waals surface area contributed by atoms with E-state index in [2.05, 4.69) is 17.3 Å². The lowest BCUT2D eigenvalue weighted by atomic mass is 9.76. The van der Waals surface area contributed by atoms with Gasteiger partial charge in [0.05, 0.1) is 5.54 Å². The van der Waals surface area contributed by atoms with Crippen LogP contribution in [0.4, 0.5) is 10.2 Å². The van der Waals surface area contributed by atoms with Crippen LogP contribution in [-0.2, 0) is 4.79 Å². The van der Waals surface area contributed by atoms with Crippen molar-refractivity contribution in [2.24, 2.45) is 11.8 Å². The Morgan fingerprint density at radius 2 is 1.83 bits per heavy atom. The molecule has 0 amide bonds. The van der Waals surface area contributed by atoms with Gasteiger partial charge < -0.3 is 10.4 Å². The third-order valence-corrected chi connectivity index (χ3v) is 5.69. The summed E-state index contributed by atoms with van der Waals surface area (Å²) in [4.78, 5) is 24.8. The number of ketones is 1. The number of hydrogen-bond acceptors (Lipinski definition) is 4. The van der Waals surface area contributed by atoms with E-state index in [1.165, 1.54) is 23.0 Å². The highest BCUT2D eigenvalue weighted by molar-refractivity contribution is 5.96. The lowest BCUT2D eigenvalue weighted by Gasteiger charge is -2.33. The molecule has 1 aliphatic carbocycles. The number of aromatic nitrogens is 2. The Morgan fingerprint density at radius 3 is 2.43 bits per heavy atom. The second kappa shape index (κ2) is 8.81. The molecule has 1 saturated carbocycles. The van der Waals surface area contributed by atoms with Crippen molar-refractivity contribution >= 4 is 29.8 Å². The van der Waals surface area contributed by atoms with Gasteiger partial charge in [-0.15, -0.1) is 0 Å². The number of carbonyl (C=O) groups excluding carboxylic acids is 1. The molecule has 1 aromatic carbocycles. The first-order valence-corrected chi connectivity index (χ1v) is 10.2. The molecule has 6 nitrogen and oxygen atoms in total. The summed E-state index contributed by atoms with van der Waals surface area (Å²) in [6.07, 6.45) is 8.47. The van der Waals surface area contributed by atoms with Gasteiger partial charge in [0.25, 0.3) is 0 Å². The molecule has 2 N–H and O–H groups in total. The van der Waals surface area contributed by atoms with Crippen molar-refractivity contribution in [1.82, 2.24) is 9.78 Å². The molecule has 0 aliphatic heterocycles. The third-order valence-electron chi connectivity index (χ3n) is 5.69. The van der Waals surface area contributed by atoms with Crippen LogP contribution in [-0.4, -0.2) is 32.2 Å². The number of carboxylic acid groups (broad SMARTS) is 1. The van der Waals surface area contributed by atoms with E-state index in [-0.39, 0.29) is 28.9 Å². The van der Waals surface area contributed by atoms with E-state index in [0.29, 0.717) is 5.92 Å². The van der Waals surface area contributed by atoms with E-state index < -0.39 is 11.5 Å². The molecule has 30 heavy (non-hydrogen) atoms. The Bertz CT molecular complexity index is 939. The SMILES string of the molecule is CC1CCC(C(=O)C(C)(C)Nc2nn(C=Cc3ccc(F)cc3)cc2C(=O)O)CC1. The van der Waals surface area contributed by atoms with Gasteiger partial charge in [0.2, 0.25) is 0 Å². The van der Waals surface area contributed by atoms with Crippen molar-refractivity contribution in [3.63, 3.8) is 0 Å². The predicted octanol–water partition coefficient (Wildman–Crippen LogP) is 4.93. The second-order valence-corrected chi connectivity index (χ2v) is 8.61. The quantitative estimate of drug-likeness (QED) is 0.672. The molecule has 0 atom stereocenters. The average molecular weight is 413 g/mol. The maximum atomic E-state index is 13.1. The summed E-state index contributed by atoms with van der Waals surface area (Å²) in [6, 6.07) is 5.91. The van der Waals surface area contributed by atoms with Gasteiger partial charge in [0, 0.05) is 18.3 Å². The first-order chi connectivity index (χ1) is 14.2. The minimum absolute atomic E-state index is 0.0163. The monoisotopic (exact) mass is 413 g/mol. The highest BCUT2D eigenvalue weighted by Gasteiger charge is 2.36. The molecule has 0 bridgehead atoms. The zero-order valence-corrected chi connectivity index (χ0v) is 17.6. The Morgan fingerprint density at radius 1 is 1.20 bits per heavy atom. The van der Waals surface area contributed by atoms with E-state index in [1.807, 2.05) is 0 Å². The van der Waals surface area contributed by atoms with Crippen molar-refractivity contribution in [2.45, 2.75) is 52.0 Å². The van der Waals surface area contributed by atoms with Crippen LogP contribution in [0.2, 0.25) is 0 Å². The molecule has 1 fully saturated rings. The van der Waals surface area contributed by atoms with Crippen LogP contribution in [0, 0.1) is 17.7 Å². The number of carboxylic acids is 1. The number of anilines is 1. The number of Topliss-reactive ketones (excluding diaryl/α,β-unsaturated/α-hetero) is 1. The molecule has 160 valence electrons. The number of halogens is 1. The van der Waals surface area contributed by atoms with Gasteiger partial charge in [0.15, 0.2) is 11.6 Å². The summed E-state index contributed by atoms with van der Waals surface area (Å²) in [6.45, 7) is 5.74. The normalized spacial score (nSPS) is 19.7. The molecule has 7 heteroatoms. The highest BCUT2D eigenvalue weighted by atomic mass is 19.1. The molecular weight excluding hydrogens is 385 g/mol. The lowest BCUT2D eigenvalue weighted by molar-refractivity contribution is -0.127. The first kappa shape index (κ1) is 21.7. The number of rotatable bonds is 7. The molecule has 0 saturated heterocycles. The van der Waals surface area contributed by atoms with Crippen molar-refractivity contribution in [1.29, 1.82) is 0 Å². The number of aromatic carboxylic acids is 1. The van der Waals surface area contributed by atoms with Crippen LogP contribution in [0.15, 0.2) is 30.5 Å². The van der Waals surface area contributed by atoms with Gasteiger partial charge >= 0.3 is 5.97 Å². The minimum atomic E-state index is -1.13. The molecule has 2 aromatic rings. The topological polar surface area (TPSA) is 84.2 Å². The maximum Gasteiger partial charge on any atom is 0.341 e. The van der Waals surface area contributed by atoms with Gasteiger partial charge in [-0.1, -0.05) is 31.9 Å². The highest BCUT2D eigenvalue weighted by Crippen LogP contribution is 2.32. The lowest BCUT2D eigenvalue weighted by Crippen LogP contribution is -2.45. The third kappa shape index (κ3) is 5.14. The van der Waals surface area contributed by atoms with E-state index in [1.54, 1.807) is 38.3 Å². The van der Waals surface area contributed by atoms with E-state index in [4.69, 9.17) is 0 Å². The molecule has 3 rings (SSSR count). The number of nitrogens with zero attached hydrogens (tertiary/aromatic N) is 2. The minimum Gasteiger partial charge on any atom is -0.477 e. The van der Waals surface area contributed by atoms with Crippen molar-refractivity contribution in [2.75, 3.05) is 5.32 Å². The van der Waals surface area contributed by atoms with E-state index >= 15 is 0 Å². The second-order valence-electron chi connectivity index (χ2n) is 8.61. The van der Waals surface area contributed by atoms with Gasteiger partial charge in [0.1, 0.15) is 11.4 Å². The summed E-state index contributed by atoms with van der Waals surface area (Å²) in [5, 5.41) is 16.9. The van der Waals surface area contributed by atoms with Crippen LogP contribution in [0.5, 0.6) is 0 Å². The largest absolute Gasteiger partial charge is 0.477 e. The maximum absolute atomic E-state index is 13.1. The van der Waals surface area contributed by atoms with Gasteiger partial charge in [-0.3, -0.25) is 4.79 Å². The molecule has 1 aliphatic rings. The fraction of sp³-hybridized carbons (Fsp3) is 0.435. The number of carbonyl (C=O) groups is 2. The van der Waals surface area contributed by atoms with Crippen LogP contribution in [0.25, 0.3) is 12.3 Å². The summed E-state index contributed by atoms with van der Waals surface area (Å²) in [5.74, 6) is -0.598. The van der Waals surface area contributed by atoms with Gasteiger partial charge in [-0.25, -0.2) is 13.9 Å². The van der Waals surface area contributed by atoms with E-state index in [9.17, 15) is 19.1 Å². The standard InChI is InChI=1S/C23H28FN3O3/c1-15-4-8-17(9-5-15)20(28)23(2,3)25-21-19(22(29)30)14-27(26-21)13-12-16-6-10-18(24)11-7-16/h6-7,10-15,17H,4-5,8-9H2,1-3H3,(H,25,26)(H,29,30). The number of benzene rings is 1. The number of hydrogen-bond donors (Lipinski definition) is 2. The van der Waals surface area contributed by atoms with Crippen LogP contribution in [0.3, 0.4) is 0 Å². The fourth-order valence-electron chi connectivity index (χ4n) is 3.84. The van der Waals surface area contributed by atoms with E-state index in [0.717, 1.165) is 31.2 Å². The molecule has 1 aromatic heterocycles. The summed E-state index contributed by atoms with van der Waals surface area (Å²) < 4.78 is 14.4. The Hall–Kier alpha value is -2.96. The van der Waals surface area contributed by atoms with Crippen LogP contribution >= 0.6 is 0 Å². The molecule has 0 spiro atoms. The zero-order chi connectivity index (χ0) is 21.9. The zero-order valence-electron chi connectivity index (χ0n) is 17.6. The molecular formula is C23H28FN3O3. The van der Waals surface area contributed by atoms with Crippen molar-refractivity contribution in [3.8, 4) is 0 Å². The summed E-state index contributed by atoms with van der Waals surface area (Å²) in [5.41, 5.74) is -0.202. The molecule has 1 heterocycles. The molecule has 0 unspecified atom stereocenters. The summed E-state index contributed by atoms with van der Waals surface area (Å²) in [7, 11) is 0. The van der Waals surface area contributed by atoms with Crippen LogP contribution in [0.1, 0.15) is 62.4 Å². The van der Waals surface area contributed by atoms with Gasteiger partial charge in [-0.2, -0.15) is 5.10 Å². The van der Waals surface area contributed by atoms with Crippen LogP contribution < -0.4 is 5.32 Å². The van der Waals surface area contributed by atoms with Crippen molar-refractivity contribution < 1.29 is 19.1 Å².